The molecule has 0 amide bonds. The minimum Gasteiger partial charge on any atom is -0.507 e. The Hall–Kier alpha value is -2.90. The van der Waals surface area contributed by atoms with Crippen molar-refractivity contribution in [1.82, 2.24) is 10.2 Å². The van der Waals surface area contributed by atoms with Crippen LogP contribution in [0.1, 0.15) is 17.6 Å². The van der Waals surface area contributed by atoms with Gasteiger partial charge in [0.15, 0.2) is 0 Å². The van der Waals surface area contributed by atoms with Crippen molar-refractivity contribution >= 4 is 0 Å². The van der Waals surface area contributed by atoms with Crippen molar-refractivity contribution in [2.24, 2.45) is 0 Å². The largest absolute Gasteiger partial charge is 0.507 e. The van der Waals surface area contributed by atoms with Gasteiger partial charge in [0.1, 0.15) is 5.75 Å². The maximum atomic E-state index is 13.1. The number of H-pyrrole nitrogens is 1. The molecule has 2 N–H and O–H groups in total. The molecule has 0 aliphatic heterocycles. The number of hydrogen-bond donors (Lipinski definition) is 2. The average molecular weight is 354 g/mol. The van der Waals surface area contributed by atoms with Gasteiger partial charge in [-0.25, -0.2) is 8.78 Å². The molecule has 3 aromatic rings. The third kappa shape index (κ3) is 3.33. The fourth-order valence-corrected chi connectivity index (χ4v) is 2.46. The summed E-state index contributed by atoms with van der Waals surface area (Å²) in [5.41, 5.74) is -1.18. The molecular weight excluding hydrogens is 343 g/mol. The van der Waals surface area contributed by atoms with Gasteiger partial charge in [-0.05, 0) is 30.3 Å². The van der Waals surface area contributed by atoms with Gasteiger partial charge < -0.3 is 5.11 Å². The number of halogens is 5. The SMILES string of the molecule is Oc1ccc(C(F)F)cc1-c1cc(-c2ccccc2C(F)(F)F)n[nH]1. The first-order valence-electron chi connectivity index (χ1n) is 7.11. The quantitative estimate of drug-likeness (QED) is 0.618. The lowest BCUT2D eigenvalue weighted by Crippen LogP contribution is -2.06. The van der Waals surface area contributed by atoms with Gasteiger partial charge in [-0.3, -0.25) is 5.10 Å². The summed E-state index contributed by atoms with van der Waals surface area (Å²) in [6, 6.07) is 9.39. The summed E-state index contributed by atoms with van der Waals surface area (Å²) in [6.07, 6.45) is -7.30. The zero-order valence-electron chi connectivity index (χ0n) is 12.5. The van der Waals surface area contributed by atoms with E-state index in [-0.39, 0.29) is 33.8 Å². The number of alkyl halides is 5. The molecule has 3 rings (SSSR count). The zero-order valence-corrected chi connectivity index (χ0v) is 12.5. The minimum atomic E-state index is -4.56. The van der Waals surface area contributed by atoms with E-state index in [0.29, 0.717) is 0 Å². The number of nitrogens with one attached hydrogen (secondary N) is 1. The highest BCUT2D eigenvalue weighted by Gasteiger charge is 2.33. The first-order valence-corrected chi connectivity index (χ1v) is 7.11. The van der Waals surface area contributed by atoms with E-state index in [4.69, 9.17) is 0 Å². The molecule has 0 fully saturated rings. The van der Waals surface area contributed by atoms with Crippen LogP contribution in [0.2, 0.25) is 0 Å². The normalized spacial score (nSPS) is 11.9. The molecule has 0 radical (unpaired) electrons. The Balaban J connectivity index is 2.07. The summed E-state index contributed by atoms with van der Waals surface area (Å²) in [7, 11) is 0. The van der Waals surface area contributed by atoms with Crippen molar-refractivity contribution in [3.63, 3.8) is 0 Å². The van der Waals surface area contributed by atoms with E-state index in [9.17, 15) is 27.1 Å². The lowest BCUT2D eigenvalue weighted by atomic mass is 10.0. The van der Waals surface area contributed by atoms with Crippen LogP contribution in [0.4, 0.5) is 22.0 Å². The number of benzene rings is 2. The highest BCUT2D eigenvalue weighted by atomic mass is 19.4. The Kier molecular flexibility index (Phi) is 4.20. The Morgan fingerprint density at radius 2 is 1.68 bits per heavy atom. The van der Waals surface area contributed by atoms with Crippen LogP contribution in [0.3, 0.4) is 0 Å². The van der Waals surface area contributed by atoms with Gasteiger partial charge in [0, 0.05) is 16.7 Å². The van der Waals surface area contributed by atoms with E-state index >= 15 is 0 Å². The molecule has 0 saturated carbocycles. The number of rotatable bonds is 3. The predicted molar refractivity (Wildman–Crippen MR) is 81.1 cm³/mol. The maximum Gasteiger partial charge on any atom is 0.417 e. The molecule has 130 valence electrons. The number of aromatic hydroxyl groups is 1. The van der Waals surface area contributed by atoms with Gasteiger partial charge in [-0.15, -0.1) is 0 Å². The molecule has 0 aliphatic rings. The molecule has 1 heterocycles. The number of nitrogens with zero attached hydrogens (tertiary/aromatic N) is 1. The van der Waals surface area contributed by atoms with E-state index in [1.165, 1.54) is 24.3 Å². The Bertz CT molecular complexity index is 902. The predicted octanol–water partition coefficient (Wildman–Crippen LogP) is 5.41. The van der Waals surface area contributed by atoms with Crippen LogP contribution in [-0.2, 0) is 6.18 Å². The number of hydrogen-bond acceptors (Lipinski definition) is 2. The van der Waals surface area contributed by atoms with Gasteiger partial charge in [-0.1, -0.05) is 18.2 Å². The summed E-state index contributed by atoms with van der Waals surface area (Å²) in [4.78, 5) is 0. The van der Waals surface area contributed by atoms with Crippen LogP contribution in [0.5, 0.6) is 5.75 Å². The fraction of sp³-hybridized carbons (Fsp3) is 0.118. The van der Waals surface area contributed by atoms with Crippen molar-refractivity contribution < 1.29 is 27.1 Å². The highest BCUT2D eigenvalue weighted by Crippen LogP contribution is 2.38. The number of aromatic amines is 1. The molecule has 1 aromatic heterocycles. The van der Waals surface area contributed by atoms with Crippen LogP contribution in [0, 0.1) is 0 Å². The van der Waals surface area contributed by atoms with Crippen LogP contribution in [0.25, 0.3) is 22.5 Å². The van der Waals surface area contributed by atoms with Gasteiger partial charge in [0.25, 0.3) is 6.43 Å². The summed E-state index contributed by atoms with van der Waals surface area (Å²) in [6.45, 7) is 0. The van der Waals surface area contributed by atoms with Crippen molar-refractivity contribution in [3.05, 3.63) is 59.7 Å². The monoisotopic (exact) mass is 354 g/mol. The van der Waals surface area contributed by atoms with Crippen molar-refractivity contribution in [2.75, 3.05) is 0 Å². The van der Waals surface area contributed by atoms with Gasteiger partial charge in [0.2, 0.25) is 0 Å². The van der Waals surface area contributed by atoms with Gasteiger partial charge >= 0.3 is 6.18 Å². The smallest absolute Gasteiger partial charge is 0.417 e. The minimum absolute atomic E-state index is 0.00947. The first kappa shape index (κ1) is 16.9. The lowest BCUT2D eigenvalue weighted by Gasteiger charge is -2.10. The van der Waals surface area contributed by atoms with Crippen LogP contribution in [-0.4, -0.2) is 15.3 Å². The van der Waals surface area contributed by atoms with E-state index < -0.39 is 18.2 Å². The maximum absolute atomic E-state index is 13.1. The summed E-state index contributed by atoms with van der Waals surface area (Å²) >= 11 is 0. The molecular formula is C17H11F5N2O. The molecule has 0 aliphatic carbocycles. The van der Waals surface area contributed by atoms with Crippen LogP contribution >= 0.6 is 0 Å². The fourth-order valence-electron chi connectivity index (χ4n) is 2.46. The third-order valence-electron chi connectivity index (χ3n) is 3.65. The average Bonchev–Trinajstić information content (AvgIpc) is 3.04. The lowest BCUT2D eigenvalue weighted by molar-refractivity contribution is -0.137. The summed E-state index contributed by atoms with van der Waals surface area (Å²) in [5.74, 6) is -0.288. The molecule has 0 atom stereocenters. The molecule has 25 heavy (non-hydrogen) atoms. The van der Waals surface area contributed by atoms with Gasteiger partial charge in [0.05, 0.1) is 17.0 Å². The zero-order chi connectivity index (χ0) is 18.2. The molecule has 0 unspecified atom stereocenters. The van der Waals surface area contributed by atoms with E-state index in [2.05, 4.69) is 10.2 Å². The molecule has 3 nitrogen and oxygen atoms in total. The first-order chi connectivity index (χ1) is 11.8. The van der Waals surface area contributed by atoms with Crippen molar-refractivity contribution in [1.29, 1.82) is 0 Å². The Morgan fingerprint density at radius 1 is 0.960 bits per heavy atom. The van der Waals surface area contributed by atoms with Crippen molar-refractivity contribution in [3.8, 4) is 28.3 Å². The molecule has 2 aromatic carbocycles. The van der Waals surface area contributed by atoms with Crippen LogP contribution < -0.4 is 0 Å². The summed E-state index contributed by atoms with van der Waals surface area (Å²) < 4.78 is 65.0. The third-order valence-corrected chi connectivity index (χ3v) is 3.65. The second-order valence-corrected chi connectivity index (χ2v) is 5.29. The number of phenols is 1. The molecule has 8 heteroatoms. The molecule has 0 saturated heterocycles. The Morgan fingerprint density at radius 3 is 2.36 bits per heavy atom. The standard InChI is InChI=1S/C17H11F5N2O/c18-16(19)9-5-6-15(25)11(7-9)14-8-13(23-24-14)10-3-1-2-4-12(10)17(20,21)22/h1-8,16,25H,(H,23,24). The second-order valence-electron chi connectivity index (χ2n) is 5.29. The topological polar surface area (TPSA) is 48.9 Å². The summed E-state index contributed by atoms with van der Waals surface area (Å²) in [5, 5.41) is 16.2. The molecule has 0 bridgehead atoms. The second kappa shape index (κ2) is 6.19. The van der Waals surface area contributed by atoms with Gasteiger partial charge in [-0.2, -0.15) is 18.3 Å². The van der Waals surface area contributed by atoms with E-state index in [0.717, 1.165) is 24.3 Å². The molecule has 0 spiro atoms. The van der Waals surface area contributed by atoms with E-state index in [1.54, 1.807) is 0 Å². The van der Waals surface area contributed by atoms with E-state index in [1.807, 2.05) is 0 Å². The Labute approximate surface area is 138 Å². The van der Waals surface area contributed by atoms with Crippen LogP contribution in [0.15, 0.2) is 48.5 Å². The highest BCUT2D eigenvalue weighted by molar-refractivity contribution is 5.74. The van der Waals surface area contributed by atoms with Crippen molar-refractivity contribution in [2.45, 2.75) is 12.6 Å². The number of phenolic OH excluding ortho intramolecular Hbond substituents is 1. The number of aromatic nitrogens is 2.